The Morgan fingerprint density at radius 1 is 1.25 bits per heavy atom. The zero-order valence-corrected chi connectivity index (χ0v) is 19.6. The molecule has 1 aromatic carbocycles. The highest BCUT2D eigenvalue weighted by atomic mass is 35.5. The Morgan fingerprint density at radius 2 is 1.97 bits per heavy atom. The molecule has 168 valence electrons. The van der Waals surface area contributed by atoms with Crippen LogP contribution in [0.1, 0.15) is 31.2 Å². The highest BCUT2D eigenvalue weighted by Gasteiger charge is 2.26. The second-order valence-electron chi connectivity index (χ2n) is 6.45. The number of hydrogen-bond donors (Lipinski definition) is 2. The van der Waals surface area contributed by atoms with Crippen LogP contribution in [-0.4, -0.2) is 41.1 Å². The van der Waals surface area contributed by atoms with E-state index in [2.05, 4.69) is 15.7 Å². The van der Waals surface area contributed by atoms with E-state index in [1.54, 1.807) is 19.2 Å². The average Bonchev–Trinajstić information content (AvgIpc) is 3.33. The van der Waals surface area contributed by atoms with E-state index in [-0.39, 0.29) is 22.1 Å². The molecule has 2 heterocycles. The fourth-order valence-corrected chi connectivity index (χ4v) is 4.49. The quantitative estimate of drug-likeness (QED) is 0.381. The Labute approximate surface area is 197 Å². The van der Waals surface area contributed by atoms with E-state index in [1.165, 1.54) is 37.2 Å². The molecule has 0 saturated carbocycles. The number of hydrogen-bond acceptors (Lipinski definition) is 7. The van der Waals surface area contributed by atoms with Crippen molar-refractivity contribution in [2.45, 2.75) is 13.5 Å². The van der Waals surface area contributed by atoms with Crippen LogP contribution in [0.3, 0.4) is 0 Å². The Kier molecular flexibility index (Phi) is 7.44. The van der Waals surface area contributed by atoms with Gasteiger partial charge in [-0.1, -0.05) is 17.7 Å². The molecule has 3 rings (SSSR count). The first-order chi connectivity index (χ1) is 15.2. The minimum Gasteiger partial charge on any atom is -0.465 e. The predicted octanol–water partition coefficient (Wildman–Crippen LogP) is 4.48. The van der Waals surface area contributed by atoms with Crippen LogP contribution in [0.5, 0.6) is 0 Å². The maximum absolute atomic E-state index is 14.0. The molecule has 0 saturated heterocycles. The van der Waals surface area contributed by atoms with Gasteiger partial charge in [0.1, 0.15) is 15.7 Å². The van der Waals surface area contributed by atoms with E-state index in [0.29, 0.717) is 26.8 Å². The van der Waals surface area contributed by atoms with Crippen molar-refractivity contribution in [3.8, 4) is 0 Å². The van der Waals surface area contributed by atoms with Gasteiger partial charge in [0.05, 0.1) is 38.2 Å². The third kappa shape index (κ3) is 5.06. The first-order valence-electron chi connectivity index (χ1n) is 9.08. The maximum atomic E-state index is 14.0. The van der Waals surface area contributed by atoms with Crippen molar-refractivity contribution < 1.29 is 23.5 Å². The number of carbonyl (C=O) groups is 2. The summed E-state index contributed by atoms with van der Waals surface area (Å²) in [5, 5.41) is 10.8. The molecule has 0 aliphatic carbocycles. The van der Waals surface area contributed by atoms with Gasteiger partial charge < -0.3 is 20.1 Å². The fourth-order valence-electron chi connectivity index (χ4n) is 2.86. The summed E-state index contributed by atoms with van der Waals surface area (Å²) < 4.78 is 25.1. The number of anilines is 2. The first kappa shape index (κ1) is 23.6. The van der Waals surface area contributed by atoms with Gasteiger partial charge in [-0.3, -0.25) is 4.68 Å². The van der Waals surface area contributed by atoms with Crippen LogP contribution in [0, 0.1) is 12.7 Å². The van der Waals surface area contributed by atoms with Crippen LogP contribution in [0.2, 0.25) is 5.02 Å². The second kappa shape index (κ2) is 10.1. The van der Waals surface area contributed by atoms with Gasteiger partial charge in [0.2, 0.25) is 0 Å². The highest BCUT2D eigenvalue weighted by Crippen LogP contribution is 2.34. The number of ether oxygens (including phenoxy) is 2. The van der Waals surface area contributed by atoms with Crippen LogP contribution >= 0.6 is 35.2 Å². The number of nitrogens with zero attached hydrogens (tertiary/aromatic N) is 2. The molecule has 0 radical (unpaired) electrons. The second-order valence-corrected chi connectivity index (χ2v) is 8.29. The predicted molar refractivity (Wildman–Crippen MR) is 124 cm³/mol. The smallest absolute Gasteiger partial charge is 0.348 e. The van der Waals surface area contributed by atoms with Gasteiger partial charge in [-0.2, -0.15) is 5.10 Å². The molecular weight excluding hydrogens is 479 g/mol. The largest absolute Gasteiger partial charge is 0.465 e. The number of esters is 2. The summed E-state index contributed by atoms with van der Waals surface area (Å²) >= 11 is 12.4. The van der Waals surface area contributed by atoms with Gasteiger partial charge in [-0.25, -0.2) is 14.0 Å². The number of methoxy groups -OCH3 is 2. The third-order valence-corrected chi connectivity index (χ3v) is 6.15. The SMILES string of the molecule is COC(=O)c1sc(NC(=S)Nc2cnn(Cc3c(F)cccc3Cl)c2)c(C(=O)OC)c1C. The number of thiocarbonyl (C=S) groups is 1. The van der Waals surface area contributed by atoms with Crippen LogP contribution in [-0.2, 0) is 16.0 Å². The number of nitrogens with one attached hydrogen (secondary N) is 2. The van der Waals surface area contributed by atoms with Crippen molar-refractivity contribution in [1.82, 2.24) is 9.78 Å². The first-order valence-corrected chi connectivity index (χ1v) is 10.7. The van der Waals surface area contributed by atoms with E-state index in [0.717, 1.165) is 11.3 Å². The minimum atomic E-state index is -0.617. The molecule has 2 N–H and O–H groups in total. The van der Waals surface area contributed by atoms with Crippen molar-refractivity contribution in [3.63, 3.8) is 0 Å². The average molecular weight is 497 g/mol. The summed E-state index contributed by atoms with van der Waals surface area (Å²) in [6, 6.07) is 4.46. The molecule has 0 aliphatic heterocycles. The lowest BCUT2D eigenvalue weighted by Crippen LogP contribution is -2.20. The molecule has 3 aromatic rings. The molecule has 0 fully saturated rings. The summed E-state index contributed by atoms with van der Waals surface area (Å²) in [6.07, 6.45) is 3.13. The van der Waals surface area contributed by atoms with E-state index < -0.39 is 17.8 Å². The van der Waals surface area contributed by atoms with Gasteiger partial charge in [0, 0.05) is 16.8 Å². The summed E-state index contributed by atoms with van der Waals surface area (Å²) in [6.45, 7) is 1.75. The van der Waals surface area contributed by atoms with E-state index >= 15 is 0 Å². The number of benzene rings is 1. The Hall–Kier alpha value is -3.02. The van der Waals surface area contributed by atoms with Gasteiger partial charge >= 0.3 is 11.9 Å². The van der Waals surface area contributed by atoms with Crippen LogP contribution in [0.25, 0.3) is 0 Å². The van der Waals surface area contributed by atoms with E-state index in [9.17, 15) is 14.0 Å². The molecule has 0 aliphatic rings. The number of thiophene rings is 1. The third-order valence-electron chi connectivity index (χ3n) is 4.41. The zero-order chi connectivity index (χ0) is 23.4. The summed E-state index contributed by atoms with van der Waals surface area (Å²) in [7, 11) is 2.50. The standard InChI is InChI=1S/C20H18ClFN4O4S2/c1-10-15(18(27)29-2)17(32-16(10)19(28)30-3)25-20(31)24-11-7-23-26(8-11)9-12-13(21)5-4-6-14(12)22/h4-8H,9H2,1-3H3,(H2,24,25,31). The lowest BCUT2D eigenvalue weighted by atomic mass is 10.1. The number of rotatable bonds is 6. The molecule has 12 heteroatoms. The molecule has 0 bridgehead atoms. The summed E-state index contributed by atoms with van der Waals surface area (Å²) in [5.41, 5.74) is 1.45. The molecule has 8 nitrogen and oxygen atoms in total. The number of aromatic nitrogens is 2. The Bertz CT molecular complexity index is 1170. The van der Waals surface area contributed by atoms with Crippen molar-refractivity contribution in [1.29, 1.82) is 0 Å². The Balaban J connectivity index is 1.75. The molecule has 0 atom stereocenters. The molecule has 32 heavy (non-hydrogen) atoms. The van der Waals surface area contributed by atoms with Crippen molar-refractivity contribution in [2.24, 2.45) is 0 Å². The Morgan fingerprint density at radius 3 is 2.62 bits per heavy atom. The lowest BCUT2D eigenvalue weighted by Gasteiger charge is -2.09. The number of carbonyl (C=O) groups excluding carboxylic acids is 2. The summed E-state index contributed by atoms with van der Waals surface area (Å²) in [5.74, 6) is -1.61. The lowest BCUT2D eigenvalue weighted by molar-refractivity contribution is 0.0601. The van der Waals surface area contributed by atoms with Crippen molar-refractivity contribution in [2.75, 3.05) is 24.9 Å². The van der Waals surface area contributed by atoms with Crippen LogP contribution in [0.4, 0.5) is 15.1 Å². The molecule has 0 spiro atoms. The van der Waals surface area contributed by atoms with Gasteiger partial charge in [0.25, 0.3) is 0 Å². The van der Waals surface area contributed by atoms with E-state index in [4.69, 9.17) is 33.3 Å². The zero-order valence-electron chi connectivity index (χ0n) is 17.2. The normalized spacial score (nSPS) is 10.5. The molecule has 0 amide bonds. The number of halogens is 2. The molecule has 0 unspecified atom stereocenters. The fraction of sp³-hybridized carbons (Fsp3) is 0.200. The van der Waals surface area contributed by atoms with Crippen molar-refractivity contribution >= 4 is 62.9 Å². The van der Waals surface area contributed by atoms with Crippen LogP contribution in [0.15, 0.2) is 30.6 Å². The summed E-state index contributed by atoms with van der Waals surface area (Å²) in [4.78, 5) is 24.5. The van der Waals surface area contributed by atoms with E-state index in [1.807, 2.05) is 0 Å². The minimum absolute atomic E-state index is 0.131. The van der Waals surface area contributed by atoms with Crippen molar-refractivity contribution in [3.05, 3.63) is 63.0 Å². The molecule has 2 aromatic heterocycles. The van der Waals surface area contributed by atoms with Gasteiger partial charge in [-0.15, -0.1) is 11.3 Å². The van der Waals surface area contributed by atoms with Gasteiger partial charge in [0.15, 0.2) is 5.11 Å². The highest BCUT2D eigenvalue weighted by molar-refractivity contribution is 7.80. The molecular formula is C20H18ClFN4O4S2. The van der Waals surface area contributed by atoms with Gasteiger partial charge in [-0.05, 0) is 36.8 Å². The van der Waals surface area contributed by atoms with Crippen LogP contribution < -0.4 is 10.6 Å². The topological polar surface area (TPSA) is 94.5 Å². The monoisotopic (exact) mass is 496 g/mol. The maximum Gasteiger partial charge on any atom is 0.348 e.